The standard InChI is InChI=1S/C24H31N5OS/c1-17-6-4-5-7-20(17)28-8-10-29(11-9-28)23-22-18(2)19(3)31-24(22)26-21(25-23)16-27-12-14-30-15-13-27/h4-7H,8-16H2,1-3H3. The number of nitrogens with zero attached hydrogens (tertiary/aromatic N) is 5. The van der Waals surface area contributed by atoms with E-state index in [1.54, 1.807) is 11.3 Å². The van der Waals surface area contributed by atoms with E-state index < -0.39 is 0 Å². The second-order valence-corrected chi connectivity index (χ2v) is 9.78. The smallest absolute Gasteiger partial charge is 0.146 e. The molecule has 2 aliphatic rings. The third kappa shape index (κ3) is 4.14. The van der Waals surface area contributed by atoms with Gasteiger partial charge >= 0.3 is 0 Å². The van der Waals surface area contributed by atoms with Gasteiger partial charge in [0.15, 0.2) is 0 Å². The third-order valence-corrected chi connectivity index (χ3v) is 7.66. The lowest BCUT2D eigenvalue weighted by molar-refractivity contribution is 0.0331. The van der Waals surface area contributed by atoms with E-state index in [4.69, 9.17) is 14.7 Å². The van der Waals surface area contributed by atoms with Gasteiger partial charge in [-0.3, -0.25) is 4.90 Å². The molecule has 31 heavy (non-hydrogen) atoms. The first kappa shape index (κ1) is 20.7. The van der Waals surface area contributed by atoms with Crippen molar-refractivity contribution in [3.05, 3.63) is 46.1 Å². The summed E-state index contributed by atoms with van der Waals surface area (Å²) in [6.07, 6.45) is 0. The summed E-state index contributed by atoms with van der Waals surface area (Å²) in [7, 11) is 0. The largest absolute Gasteiger partial charge is 0.379 e. The fraction of sp³-hybridized carbons (Fsp3) is 0.500. The van der Waals surface area contributed by atoms with Gasteiger partial charge in [0, 0.05) is 49.8 Å². The molecule has 1 aromatic carbocycles. The number of anilines is 2. The van der Waals surface area contributed by atoms with Crippen molar-refractivity contribution >= 4 is 33.1 Å². The molecule has 4 heterocycles. The second-order valence-electron chi connectivity index (χ2n) is 8.58. The molecule has 0 atom stereocenters. The zero-order chi connectivity index (χ0) is 21.4. The highest BCUT2D eigenvalue weighted by atomic mass is 32.1. The molecule has 2 aromatic heterocycles. The number of fused-ring (bicyclic) bond motifs is 1. The van der Waals surface area contributed by atoms with Crippen LogP contribution in [0.15, 0.2) is 24.3 Å². The average Bonchev–Trinajstić information content (AvgIpc) is 3.08. The van der Waals surface area contributed by atoms with E-state index in [9.17, 15) is 0 Å². The summed E-state index contributed by atoms with van der Waals surface area (Å²) in [5, 5.41) is 1.25. The molecule has 0 amide bonds. The van der Waals surface area contributed by atoms with Gasteiger partial charge in [-0.1, -0.05) is 18.2 Å². The number of piperazine rings is 1. The van der Waals surface area contributed by atoms with Crippen molar-refractivity contribution < 1.29 is 4.74 Å². The highest BCUT2D eigenvalue weighted by Crippen LogP contribution is 2.36. The van der Waals surface area contributed by atoms with E-state index in [-0.39, 0.29) is 0 Å². The molecule has 6 nitrogen and oxygen atoms in total. The quantitative estimate of drug-likeness (QED) is 0.619. The molecule has 2 aliphatic heterocycles. The maximum atomic E-state index is 5.51. The summed E-state index contributed by atoms with van der Waals surface area (Å²) in [5.41, 5.74) is 4.03. The van der Waals surface area contributed by atoms with Crippen LogP contribution in [0.2, 0.25) is 0 Å². The lowest BCUT2D eigenvalue weighted by Gasteiger charge is -2.37. The first-order valence-electron chi connectivity index (χ1n) is 11.2. The van der Waals surface area contributed by atoms with Crippen molar-refractivity contribution in [2.75, 3.05) is 62.3 Å². The first-order chi connectivity index (χ1) is 15.1. The molecular formula is C24H31N5OS. The normalized spacial score (nSPS) is 18.2. The summed E-state index contributed by atoms with van der Waals surface area (Å²) >= 11 is 1.80. The lowest BCUT2D eigenvalue weighted by atomic mass is 10.1. The number of aryl methyl sites for hydroxylation is 3. The Morgan fingerprint density at radius 3 is 2.35 bits per heavy atom. The van der Waals surface area contributed by atoms with Crippen molar-refractivity contribution in [3.63, 3.8) is 0 Å². The summed E-state index contributed by atoms with van der Waals surface area (Å²) < 4.78 is 5.51. The fourth-order valence-corrected chi connectivity index (χ4v) is 5.65. The number of hydrogen-bond donors (Lipinski definition) is 0. The summed E-state index contributed by atoms with van der Waals surface area (Å²) in [4.78, 5) is 19.9. The topological polar surface area (TPSA) is 44.7 Å². The molecule has 0 spiro atoms. The van der Waals surface area contributed by atoms with Crippen molar-refractivity contribution in [1.29, 1.82) is 0 Å². The number of rotatable bonds is 4. The minimum atomic E-state index is 0.797. The van der Waals surface area contributed by atoms with Gasteiger partial charge in [0.05, 0.1) is 25.1 Å². The fourth-order valence-electron chi connectivity index (χ4n) is 4.61. The maximum absolute atomic E-state index is 5.51. The Balaban J connectivity index is 1.42. The Labute approximate surface area is 188 Å². The van der Waals surface area contributed by atoms with Gasteiger partial charge in [-0.25, -0.2) is 9.97 Å². The van der Waals surface area contributed by atoms with Crippen LogP contribution in [0, 0.1) is 20.8 Å². The number of aromatic nitrogens is 2. The minimum Gasteiger partial charge on any atom is -0.379 e. The average molecular weight is 438 g/mol. The van der Waals surface area contributed by atoms with Crippen LogP contribution in [0.5, 0.6) is 0 Å². The number of hydrogen-bond acceptors (Lipinski definition) is 7. The van der Waals surface area contributed by atoms with Gasteiger partial charge in [-0.05, 0) is 38.0 Å². The van der Waals surface area contributed by atoms with E-state index in [0.717, 1.165) is 75.5 Å². The van der Waals surface area contributed by atoms with Crippen molar-refractivity contribution in [1.82, 2.24) is 14.9 Å². The van der Waals surface area contributed by atoms with E-state index in [0.29, 0.717) is 0 Å². The van der Waals surface area contributed by atoms with E-state index in [1.807, 2.05) is 0 Å². The minimum absolute atomic E-state index is 0.797. The number of morpholine rings is 1. The van der Waals surface area contributed by atoms with Crippen molar-refractivity contribution in [2.45, 2.75) is 27.3 Å². The van der Waals surface area contributed by atoms with Gasteiger partial charge < -0.3 is 14.5 Å². The number of thiophene rings is 1. The Hall–Kier alpha value is -2.22. The van der Waals surface area contributed by atoms with Crippen LogP contribution in [0.1, 0.15) is 21.8 Å². The van der Waals surface area contributed by atoms with Gasteiger partial charge in [-0.15, -0.1) is 11.3 Å². The molecule has 2 saturated heterocycles. The van der Waals surface area contributed by atoms with Crippen LogP contribution >= 0.6 is 11.3 Å². The molecule has 0 N–H and O–H groups in total. The first-order valence-corrected chi connectivity index (χ1v) is 12.0. The Bertz CT molecular complexity index is 1070. The molecule has 0 aliphatic carbocycles. The third-order valence-electron chi connectivity index (χ3n) is 6.56. The van der Waals surface area contributed by atoms with Gasteiger partial charge in [0.2, 0.25) is 0 Å². The van der Waals surface area contributed by atoms with Gasteiger partial charge in [-0.2, -0.15) is 0 Å². The Kier molecular flexibility index (Phi) is 5.82. The van der Waals surface area contributed by atoms with Gasteiger partial charge in [0.1, 0.15) is 16.5 Å². The number of para-hydroxylation sites is 1. The lowest BCUT2D eigenvalue weighted by Crippen LogP contribution is -2.47. The zero-order valence-corrected chi connectivity index (χ0v) is 19.5. The highest BCUT2D eigenvalue weighted by molar-refractivity contribution is 7.18. The Morgan fingerprint density at radius 2 is 1.61 bits per heavy atom. The predicted molar refractivity (Wildman–Crippen MR) is 129 cm³/mol. The Morgan fingerprint density at radius 1 is 0.903 bits per heavy atom. The summed E-state index contributed by atoms with van der Waals surface area (Å²) in [5.74, 6) is 2.06. The van der Waals surface area contributed by atoms with Crippen molar-refractivity contribution in [3.8, 4) is 0 Å². The molecular weight excluding hydrogens is 406 g/mol. The van der Waals surface area contributed by atoms with Crippen LogP contribution in [-0.2, 0) is 11.3 Å². The highest BCUT2D eigenvalue weighted by Gasteiger charge is 2.24. The molecule has 0 bridgehead atoms. The van der Waals surface area contributed by atoms with Crippen LogP contribution in [0.4, 0.5) is 11.5 Å². The molecule has 0 saturated carbocycles. The van der Waals surface area contributed by atoms with E-state index >= 15 is 0 Å². The molecule has 0 unspecified atom stereocenters. The van der Waals surface area contributed by atoms with Crippen LogP contribution in [-0.4, -0.2) is 67.4 Å². The molecule has 7 heteroatoms. The maximum Gasteiger partial charge on any atom is 0.146 e. The molecule has 2 fully saturated rings. The van der Waals surface area contributed by atoms with Crippen molar-refractivity contribution in [2.24, 2.45) is 0 Å². The molecule has 3 aromatic rings. The summed E-state index contributed by atoms with van der Waals surface area (Å²) in [6.45, 7) is 14.9. The number of benzene rings is 1. The molecule has 164 valence electrons. The molecule has 0 radical (unpaired) electrons. The van der Waals surface area contributed by atoms with Crippen LogP contribution < -0.4 is 9.80 Å². The zero-order valence-electron chi connectivity index (χ0n) is 18.7. The molecule has 5 rings (SSSR count). The van der Waals surface area contributed by atoms with Gasteiger partial charge in [0.25, 0.3) is 0 Å². The van der Waals surface area contributed by atoms with Crippen LogP contribution in [0.3, 0.4) is 0 Å². The number of ether oxygens (including phenoxy) is 1. The predicted octanol–water partition coefficient (Wildman–Crippen LogP) is 3.78. The monoisotopic (exact) mass is 437 g/mol. The van der Waals surface area contributed by atoms with E-state index in [2.05, 4.69) is 59.7 Å². The SMILES string of the molecule is Cc1ccccc1N1CCN(c2nc(CN3CCOCC3)nc3sc(C)c(C)c23)CC1. The van der Waals surface area contributed by atoms with Crippen LogP contribution in [0.25, 0.3) is 10.2 Å². The summed E-state index contributed by atoms with van der Waals surface area (Å²) in [6, 6.07) is 8.69. The van der Waals surface area contributed by atoms with E-state index in [1.165, 1.54) is 27.1 Å². The second kappa shape index (κ2) is 8.73.